The summed E-state index contributed by atoms with van der Waals surface area (Å²) in [5.41, 5.74) is 4.28. The summed E-state index contributed by atoms with van der Waals surface area (Å²) >= 11 is 6.04. The first-order valence-electron chi connectivity index (χ1n) is 8.92. The van der Waals surface area contributed by atoms with Crippen LogP contribution < -0.4 is 5.32 Å². The molecule has 0 aliphatic heterocycles. The summed E-state index contributed by atoms with van der Waals surface area (Å²) in [6.07, 6.45) is 2.09. The highest BCUT2D eigenvalue weighted by molar-refractivity contribution is 6.31. The standard InChI is InChI=1S/C23H19ClN2O2/c1-28-23(27)20-13-18(24)8-10-21(20)25-19-9-7-17-11-12-26(22(17)14-19)15-16-5-3-2-4-6-16/h2-14,25H,15H2,1H3. The van der Waals surface area contributed by atoms with E-state index in [0.717, 1.165) is 23.1 Å². The van der Waals surface area contributed by atoms with Crippen molar-refractivity contribution >= 4 is 39.8 Å². The monoisotopic (exact) mass is 390 g/mol. The van der Waals surface area contributed by atoms with Gasteiger partial charge in [-0.25, -0.2) is 4.79 Å². The third kappa shape index (κ3) is 3.73. The average Bonchev–Trinajstić information content (AvgIpc) is 3.11. The van der Waals surface area contributed by atoms with Crippen LogP contribution in [-0.4, -0.2) is 17.6 Å². The number of aromatic nitrogens is 1. The van der Waals surface area contributed by atoms with Crippen molar-refractivity contribution in [3.05, 3.63) is 95.1 Å². The maximum absolute atomic E-state index is 12.1. The molecular weight excluding hydrogens is 372 g/mol. The van der Waals surface area contributed by atoms with Gasteiger partial charge < -0.3 is 14.6 Å². The van der Waals surface area contributed by atoms with Gasteiger partial charge >= 0.3 is 5.97 Å². The molecule has 0 spiro atoms. The lowest BCUT2D eigenvalue weighted by Gasteiger charge is -2.12. The van der Waals surface area contributed by atoms with Gasteiger partial charge in [-0.05, 0) is 47.3 Å². The van der Waals surface area contributed by atoms with Crippen molar-refractivity contribution in [1.29, 1.82) is 0 Å². The van der Waals surface area contributed by atoms with Gasteiger partial charge in [0.15, 0.2) is 0 Å². The molecule has 0 atom stereocenters. The Hall–Kier alpha value is -3.24. The van der Waals surface area contributed by atoms with Gasteiger partial charge in [0.2, 0.25) is 0 Å². The number of nitrogens with one attached hydrogen (secondary N) is 1. The number of rotatable bonds is 5. The van der Waals surface area contributed by atoms with Crippen molar-refractivity contribution in [3.63, 3.8) is 0 Å². The van der Waals surface area contributed by atoms with Crippen LogP contribution in [0.4, 0.5) is 11.4 Å². The lowest BCUT2D eigenvalue weighted by atomic mass is 10.1. The van der Waals surface area contributed by atoms with Crippen molar-refractivity contribution < 1.29 is 9.53 Å². The third-order valence-electron chi connectivity index (χ3n) is 4.64. The number of hydrogen-bond donors (Lipinski definition) is 1. The summed E-state index contributed by atoms with van der Waals surface area (Å²) in [7, 11) is 1.36. The minimum absolute atomic E-state index is 0.398. The summed E-state index contributed by atoms with van der Waals surface area (Å²) < 4.78 is 7.08. The molecular formula is C23H19ClN2O2. The topological polar surface area (TPSA) is 43.3 Å². The molecule has 4 nitrogen and oxygen atoms in total. The van der Waals surface area contributed by atoms with Crippen LogP contribution in [0.1, 0.15) is 15.9 Å². The zero-order valence-electron chi connectivity index (χ0n) is 15.4. The smallest absolute Gasteiger partial charge is 0.340 e. The summed E-state index contributed by atoms with van der Waals surface area (Å²) in [4.78, 5) is 12.1. The first kappa shape index (κ1) is 18.1. The van der Waals surface area contributed by atoms with Crippen molar-refractivity contribution in [2.45, 2.75) is 6.54 Å². The number of ether oxygens (including phenoxy) is 1. The molecule has 0 bridgehead atoms. The van der Waals surface area contributed by atoms with E-state index in [-0.39, 0.29) is 0 Å². The van der Waals surface area contributed by atoms with Gasteiger partial charge in [-0.1, -0.05) is 48.0 Å². The van der Waals surface area contributed by atoms with Crippen LogP contribution in [0.3, 0.4) is 0 Å². The summed E-state index contributed by atoms with van der Waals surface area (Å²) in [6.45, 7) is 0.794. The Morgan fingerprint density at radius 1 is 1.04 bits per heavy atom. The molecule has 28 heavy (non-hydrogen) atoms. The lowest BCUT2D eigenvalue weighted by molar-refractivity contribution is 0.0602. The number of carbonyl (C=O) groups excluding carboxylic acids is 1. The fourth-order valence-corrected chi connectivity index (χ4v) is 3.41. The van der Waals surface area contributed by atoms with Crippen molar-refractivity contribution in [2.24, 2.45) is 0 Å². The maximum Gasteiger partial charge on any atom is 0.340 e. The fourth-order valence-electron chi connectivity index (χ4n) is 3.24. The van der Waals surface area contributed by atoms with E-state index in [0.29, 0.717) is 16.3 Å². The molecule has 0 saturated heterocycles. The molecule has 0 aliphatic rings. The van der Waals surface area contributed by atoms with E-state index in [4.69, 9.17) is 16.3 Å². The number of benzene rings is 3. The zero-order valence-corrected chi connectivity index (χ0v) is 16.1. The Bertz CT molecular complexity index is 1140. The van der Waals surface area contributed by atoms with Gasteiger partial charge in [-0.2, -0.15) is 0 Å². The quantitative estimate of drug-likeness (QED) is 0.433. The van der Waals surface area contributed by atoms with Crippen LogP contribution >= 0.6 is 11.6 Å². The first-order chi connectivity index (χ1) is 13.6. The van der Waals surface area contributed by atoms with Crippen LogP contribution in [0.25, 0.3) is 10.9 Å². The number of methoxy groups -OCH3 is 1. The second kappa shape index (κ2) is 7.79. The van der Waals surface area contributed by atoms with Crippen LogP contribution in [0, 0.1) is 0 Å². The van der Waals surface area contributed by atoms with Crippen molar-refractivity contribution in [2.75, 3.05) is 12.4 Å². The van der Waals surface area contributed by atoms with Gasteiger partial charge in [0.1, 0.15) is 0 Å². The molecule has 1 aromatic heterocycles. The van der Waals surface area contributed by atoms with E-state index in [1.54, 1.807) is 18.2 Å². The highest BCUT2D eigenvalue weighted by Gasteiger charge is 2.13. The molecule has 0 unspecified atom stereocenters. The molecule has 0 amide bonds. The van der Waals surface area contributed by atoms with Gasteiger partial charge in [0, 0.05) is 23.5 Å². The Labute approximate surface area is 168 Å². The van der Waals surface area contributed by atoms with E-state index < -0.39 is 5.97 Å². The lowest BCUT2D eigenvalue weighted by Crippen LogP contribution is -2.05. The molecule has 1 heterocycles. The van der Waals surface area contributed by atoms with Crippen LogP contribution in [0.2, 0.25) is 5.02 Å². The second-order valence-electron chi connectivity index (χ2n) is 6.51. The predicted octanol–water partition coefficient (Wildman–Crippen LogP) is 5.87. The second-order valence-corrected chi connectivity index (χ2v) is 6.95. The highest BCUT2D eigenvalue weighted by atomic mass is 35.5. The molecule has 0 aliphatic carbocycles. The molecule has 3 aromatic carbocycles. The number of carbonyl (C=O) groups is 1. The molecule has 140 valence electrons. The van der Waals surface area contributed by atoms with Gasteiger partial charge in [-0.3, -0.25) is 0 Å². The van der Waals surface area contributed by atoms with E-state index in [2.05, 4.69) is 46.4 Å². The Morgan fingerprint density at radius 2 is 1.86 bits per heavy atom. The van der Waals surface area contributed by atoms with Gasteiger partial charge in [0.05, 0.1) is 23.9 Å². The number of fused-ring (bicyclic) bond motifs is 1. The SMILES string of the molecule is COC(=O)c1cc(Cl)ccc1Nc1ccc2ccn(Cc3ccccc3)c2c1. The summed E-state index contributed by atoms with van der Waals surface area (Å²) in [6, 6.07) is 23.7. The van der Waals surface area contributed by atoms with Crippen molar-refractivity contribution in [1.82, 2.24) is 4.57 Å². The molecule has 0 radical (unpaired) electrons. The first-order valence-corrected chi connectivity index (χ1v) is 9.29. The Morgan fingerprint density at radius 3 is 2.64 bits per heavy atom. The van der Waals surface area contributed by atoms with E-state index in [1.807, 2.05) is 24.3 Å². The van der Waals surface area contributed by atoms with E-state index in [9.17, 15) is 4.79 Å². The largest absolute Gasteiger partial charge is 0.465 e. The number of nitrogens with zero attached hydrogens (tertiary/aromatic N) is 1. The Balaban J connectivity index is 1.67. The normalized spacial score (nSPS) is 10.8. The van der Waals surface area contributed by atoms with Gasteiger partial charge in [0.25, 0.3) is 0 Å². The van der Waals surface area contributed by atoms with Crippen LogP contribution in [-0.2, 0) is 11.3 Å². The van der Waals surface area contributed by atoms with Crippen molar-refractivity contribution in [3.8, 4) is 0 Å². The summed E-state index contributed by atoms with van der Waals surface area (Å²) in [5, 5.41) is 4.96. The number of anilines is 2. The minimum atomic E-state index is -0.432. The van der Waals surface area contributed by atoms with Crippen LogP contribution in [0.15, 0.2) is 79.0 Å². The van der Waals surface area contributed by atoms with E-state index >= 15 is 0 Å². The predicted molar refractivity (Wildman–Crippen MR) is 114 cm³/mol. The molecule has 5 heteroatoms. The highest BCUT2D eigenvalue weighted by Crippen LogP contribution is 2.28. The molecule has 0 saturated carbocycles. The fraction of sp³-hybridized carbons (Fsp3) is 0.0870. The molecule has 4 aromatic rings. The average molecular weight is 391 g/mol. The summed E-state index contributed by atoms with van der Waals surface area (Å²) in [5.74, 6) is -0.432. The van der Waals surface area contributed by atoms with Gasteiger partial charge in [-0.15, -0.1) is 0 Å². The van der Waals surface area contributed by atoms with E-state index in [1.165, 1.54) is 12.7 Å². The molecule has 1 N–H and O–H groups in total. The minimum Gasteiger partial charge on any atom is -0.465 e. The zero-order chi connectivity index (χ0) is 19.5. The maximum atomic E-state index is 12.1. The number of halogens is 1. The van der Waals surface area contributed by atoms with Crippen LogP contribution in [0.5, 0.6) is 0 Å². The number of esters is 1. The Kier molecular flexibility index (Phi) is 5.04. The molecule has 4 rings (SSSR count). The number of hydrogen-bond acceptors (Lipinski definition) is 3. The third-order valence-corrected chi connectivity index (χ3v) is 4.87. The molecule has 0 fully saturated rings.